The lowest BCUT2D eigenvalue weighted by atomic mass is 10.2. The van der Waals surface area contributed by atoms with Gasteiger partial charge in [-0.1, -0.05) is 0 Å². The highest BCUT2D eigenvalue weighted by Gasteiger charge is 2.28. The molecule has 1 unspecified atom stereocenters. The standard InChI is InChI=1S/C10H11N5O/c1-10(3-2-4-16-10)15-9-7-8(12-5-11-7)13-6-14-9/h2,4-6H,3H2,1H3,(H2,11,12,13,14,15). The Balaban J connectivity index is 1.97. The Morgan fingerprint density at radius 1 is 1.44 bits per heavy atom. The molecule has 3 heterocycles. The third-order valence-electron chi connectivity index (χ3n) is 2.54. The number of rotatable bonds is 2. The minimum atomic E-state index is -0.438. The molecule has 6 nitrogen and oxygen atoms in total. The van der Waals surface area contributed by atoms with E-state index in [4.69, 9.17) is 4.74 Å². The zero-order chi connectivity index (χ0) is 11.0. The van der Waals surface area contributed by atoms with E-state index in [2.05, 4.69) is 25.3 Å². The van der Waals surface area contributed by atoms with Gasteiger partial charge in [-0.2, -0.15) is 0 Å². The quantitative estimate of drug-likeness (QED) is 0.795. The zero-order valence-electron chi connectivity index (χ0n) is 8.77. The number of imidazole rings is 1. The van der Waals surface area contributed by atoms with Crippen LogP contribution < -0.4 is 5.32 Å². The van der Waals surface area contributed by atoms with Crippen LogP contribution in [-0.2, 0) is 4.74 Å². The number of aromatic nitrogens is 4. The average Bonchev–Trinajstić information content (AvgIpc) is 2.87. The maximum Gasteiger partial charge on any atom is 0.182 e. The lowest BCUT2D eigenvalue weighted by Gasteiger charge is -2.25. The second-order valence-corrected chi connectivity index (χ2v) is 3.87. The Hall–Kier alpha value is -2.11. The fourth-order valence-corrected chi connectivity index (χ4v) is 1.71. The van der Waals surface area contributed by atoms with Crippen LogP contribution in [0.15, 0.2) is 25.0 Å². The van der Waals surface area contributed by atoms with Gasteiger partial charge in [0, 0.05) is 6.42 Å². The van der Waals surface area contributed by atoms with Crippen molar-refractivity contribution in [3.8, 4) is 0 Å². The SMILES string of the molecule is CC1(Nc2ncnc3nc[nH]c23)CC=CO1. The highest BCUT2D eigenvalue weighted by atomic mass is 16.5. The van der Waals surface area contributed by atoms with Crippen LogP contribution in [-0.4, -0.2) is 25.7 Å². The van der Waals surface area contributed by atoms with E-state index in [1.54, 1.807) is 12.6 Å². The molecule has 0 saturated carbocycles. The Bertz CT molecular complexity index is 539. The summed E-state index contributed by atoms with van der Waals surface area (Å²) in [6.07, 6.45) is 7.54. The first-order chi connectivity index (χ1) is 7.77. The van der Waals surface area contributed by atoms with Gasteiger partial charge in [-0.15, -0.1) is 0 Å². The maximum absolute atomic E-state index is 5.48. The van der Waals surface area contributed by atoms with Crippen LogP contribution in [0.2, 0.25) is 0 Å². The summed E-state index contributed by atoms with van der Waals surface area (Å²) in [4.78, 5) is 15.3. The van der Waals surface area contributed by atoms with Crippen molar-refractivity contribution in [3.63, 3.8) is 0 Å². The number of fused-ring (bicyclic) bond motifs is 1. The number of H-pyrrole nitrogens is 1. The van der Waals surface area contributed by atoms with Crippen molar-refractivity contribution in [2.75, 3.05) is 5.32 Å². The molecule has 2 N–H and O–H groups in total. The van der Waals surface area contributed by atoms with Gasteiger partial charge in [0.15, 0.2) is 17.2 Å². The summed E-state index contributed by atoms with van der Waals surface area (Å²) in [5.41, 5.74) is 0.998. The molecule has 1 atom stereocenters. The van der Waals surface area contributed by atoms with Crippen molar-refractivity contribution in [3.05, 3.63) is 25.0 Å². The molecule has 1 aliphatic heterocycles. The number of aromatic amines is 1. The number of hydrogen-bond acceptors (Lipinski definition) is 5. The summed E-state index contributed by atoms with van der Waals surface area (Å²) in [5, 5.41) is 3.24. The molecule has 0 aromatic carbocycles. The number of nitrogens with zero attached hydrogens (tertiary/aromatic N) is 3. The Labute approximate surface area is 91.8 Å². The molecule has 2 aromatic heterocycles. The van der Waals surface area contributed by atoms with Gasteiger partial charge in [0.1, 0.15) is 11.8 Å². The average molecular weight is 217 g/mol. The van der Waals surface area contributed by atoms with E-state index in [1.807, 2.05) is 13.0 Å². The summed E-state index contributed by atoms with van der Waals surface area (Å²) in [7, 11) is 0. The fourth-order valence-electron chi connectivity index (χ4n) is 1.71. The van der Waals surface area contributed by atoms with Crippen LogP contribution in [0.1, 0.15) is 13.3 Å². The minimum absolute atomic E-state index is 0.438. The summed E-state index contributed by atoms with van der Waals surface area (Å²) in [5.74, 6) is 0.702. The van der Waals surface area contributed by atoms with E-state index in [0.29, 0.717) is 11.5 Å². The number of anilines is 1. The van der Waals surface area contributed by atoms with Crippen LogP contribution in [0.3, 0.4) is 0 Å². The van der Waals surface area contributed by atoms with Gasteiger partial charge in [0.2, 0.25) is 0 Å². The molecule has 0 radical (unpaired) electrons. The van der Waals surface area contributed by atoms with Crippen LogP contribution >= 0.6 is 0 Å². The van der Waals surface area contributed by atoms with Crippen molar-refractivity contribution >= 4 is 17.0 Å². The van der Waals surface area contributed by atoms with E-state index in [-0.39, 0.29) is 0 Å². The van der Waals surface area contributed by atoms with E-state index >= 15 is 0 Å². The predicted octanol–water partition coefficient (Wildman–Crippen LogP) is 1.41. The molecule has 82 valence electrons. The van der Waals surface area contributed by atoms with Gasteiger partial charge in [0.25, 0.3) is 0 Å². The van der Waals surface area contributed by atoms with Gasteiger partial charge in [-0.05, 0) is 13.0 Å². The van der Waals surface area contributed by atoms with E-state index in [0.717, 1.165) is 11.9 Å². The van der Waals surface area contributed by atoms with Crippen LogP contribution in [0, 0.1) is 0 Å². The van der Waals surface area contributed by atoms with E-state index < -0.39 is 5.72 Å². The first-order valence-electron chi connectivity index (χ1n) is 5.02. The zero-order valence-corrected chi connectivity index (χ0v) is 8.77. The molecule has 2 aromatic rings. The molecule has 0 bridgehead atoms. The molecule has 1 aliphatic rings. The molecule has 0 saturated heterocycles. The Morgan fingerprint density at radius 2 is 2.38 bits per heavy atom. The largest absolute Gasteiger partial charge is 0.476 e. The lowest BCUT2D eigenvalue weighted by molar-refractivity contribution is 0.0918. The molecule has 6 heteroatoms. The molecule has 3 rings (SSSR count). The second kappa shape index (κ2) is 3.19. The first-order valence-corrected chi connectivity index (χ1v) is 5.02. The summed E-state index contributed by atoms with van der Waals surface area (Å²) >= 11 is 0. The van der Waals surface area contributed by atoms with Crippen LogP contribution in [0.25, 0.3) is 11.2 Å². The third-order valence-corrected chi connectivity index (χ3v) is 2.54. The first kappa shape index (κ1) is 9.14. The van der Waals surface area contributed by atoms with E-state index in [1.165, 1.54) is 6.33 Å². The van der Waals surface area contributed by atoms with Crippen molar-refractivity contribution < 1.29 is 4.74 Å². The highest BCUT2D eigenvalue weighted by molar-refractivity contribution is 5.82. The summed E-state index contributed by atoms with van der Waals surface area (Å²) in [6.45, 7) is 1.97. The molecule has 0 fully saturated rings. The Kier molecular flexibility index (Phi) is 1.82. The molecule has 0 aliphatic carbocycles. The molecule has 0 amide bonds. The molecular formula is C10H11N5O. The van der Waals surface area contributed by atoms with Gasteiger partial charge >= 0.3 is 0 Å². The van der Waals surface area contributed by atoms with Gasteiger partial charge in [-0.3, -0.25) is 0 Å². The smallest absolute Gasteiger partial charge is 0.182 e. The van der Waals surface area contributed by atoms with Gasteiger partial charge < -0.3 is 15.0 Å². The van der Waals surface area contributed by atoms with Crippen molar-refractivity contribution in [2.24, 2.45) is 0 Å². The minimum Gasteiger partial charge on any atom is -0.476 e. The fraction of sp³-hybridized carbons (Fsp3) is 0.300. The second-order valence-electron chi connectivity index (χ2n) is 3.87. The number of ether oxygens (including phenoxy) is 1. The topological polar surface area (TPSA) is 75.7 Å². The van der Waals surface area contributed by atoms with Gasteiger partial charge in [-0.25, -0.2) is 15.0 Å². The third kappa shape index (κ3) is 1.39. The van der Waals surface area contributed by atoms with Gasteiger partial charge in [0.05, 0.1) is 12.6 Å². The van der Waals surface area contributed by atoms with E-state index in [9.17, 15) is 0 Å². The predicted molar refractivity (Wildman–Crippen MR) is 58.6 cm³/mol. The van der Waals surface area contributed by atoms with Crippen LogP contribution in [0.5, 0.6) is 0 Å². The number of hydrogen-bond donors (Lipinski definition) is 2. The molecule has 0 spiro atoms. The summed E-state index contributed by atoms with van der Waals surface area (Å²) < 4.78 is 5.48. The summed E-state index contributed by atoms with van der Waals surface area (Å²) in [6, 6.07) is 0. The molecular weight excluding hydrogens is 206 g/mol. The van der Waals surface area contributed by atoms with Crippen molar-refractivity contribution in [1.29, 1.82) is 0 Å². The highest BCUT2D eigenvalue weighted by Crippen LogP contribution is 2.26. The Morgan fingerprint density at radius 3 is 3.19 bits per heavy atom. The van der Waals surface area contributed by atoms with Crippen molar-refractivity contribution in [1.82, 2.24) is 19.9 Å². The monoisotopic (exact) mass is 217 g/mol. The van der Waals surface area contributed by atoms with Crippen LogP contribution in [0.4, 0.5) is 5.82 Å². The van der Waals surface area contributed by atoms with Crippen molar-refractivity contribution in [2.45, 2.75) is 19.1 Å². The maximum atomic E-state index is 5.48. The number of nitrogens with one attached hydrogen (secondary N) is 2. The lowest BCUT2D eigenvalue weighted by Crippen LogP contribution is -2.33. The molecule has 16 heavy (non-hydrogen) atoms. The normalized spacial score (nSPS) is 23.6.